The van der Waals surface area contributed by atoms with E-state index in [9.17, 15) is 5.11 Å². The van der Waals surface area contributed by atoms with E-state index in [0.717, 1.165) is 21.1 Å². The highest BCUT2D eigenvalue weighted by Crippen LogP contribution is 2.33. The summed E-state index contributed by atoms with van der Waals surface area (Å²) in [5, 5.41) is 14.5. The lowest BCUT2D eigenvalue weighted by molar-refractivity contribution is 0.424. The van der Waals surface area contributed by atoms with Crippen LogP contribution >= 0.6 is 15.9 Å². The molecular weight excluding hydrogens is 282 g/mol. The maximum absolute atomic E-state index is 9.64. The first-order valence-corrected chi connectivity index (χ1v) is 5.88. The van der Waals surface area contributed by atoms with Crippen LogP contribution in [0.1, 0.15) is 0 Å². The topological polar surface area (TPSA) is 46.3 Å². The number of hydrogen-bond acceptors (Lipinski definition) is 3. The molecule has 0 aliphatic carbocycles. The predicted molar refractivity (Wildman–Crippen MR) is 68.8 cm³/mol. The van der Waals surface area contributed by atoms with Crippen molar-refractivity contribution in [2.24, 2.45) is 0 Å². The molecule has 0 bridgehead atoms. The van der Waals surface area contributed by atoms with Gasteiger partial charge < -0.3 is 9.63 Å². The van der Waals surface area contributed by atoms with Crippen LogP contribution in [-0.4, -0.2) is 10.3 Å². The summed E-state index contributed by atoms with van der Waals surface area (Å²) in [6.07, 6.45) is 0. The van der Waals surface area contributed by atoms with Gasteiger partial charge in [0.15, 0.2) is 5.75 Å². The fourth-order valence-corrected chi connectivity index (χ4v) is 2.19. The molecule has 0 saturated heterocycles. The number of hydrogen-bond donors (Lipinski definition) is 1. The van der Waals surface area contributed by atoms with Crippen molar-refractivity contribution in [3.8, 4) is 17.0 Å². The molecule has 0 radical (unpaired) electrons. The van der Waals surface area contributed by atoms with Crippen molar-refractivity contribution in [2.45, 2.75) is 0 Å². The van der Waals surface area contributed by atoms with Crippen LogP contribution in [-0.2, 0) is 0 Å². The number of halogens is 1. The van der Waals surface area contributed by atoms with Crippen molar-refractivity contribution in [1.29, 1.82) is 0 Å². The zero-order valence-corrected chi connectivity index (χ0v) is 10.3. The van der Waals surface area contributed by atoms with E-state index in [4.69, 9.17) is 4.52 Å². The molecule has 0 fully saturated rings. The summed E-state index contributed by atoms with van der Waals surface area (Å²) in [5.74, 6) is 0.108. The minimum absolute atomic E-state index is 0.108. The molecule has 1 heterocycles. The minimum Gasteiger partial charge on any atom is -0.504 e. The van der Waals surface area contributed by atoms with Crippen molar-refractivity contribution in [3.05, 3.63) is 46.9 Å². The van der Waals surface area contributed by atoms with E-state index >= 15 is 0 Å². The number of fused-ring (bicyclic) bond motifs is 1. The second kappa shape index (κ2) is 3.89. The fourth-order valence-electron chi connectivity index (χ4n) is 1.79. The number of aromatic hydroxyl groups is 1. The minimum atomic E-state index is 0.108. The summed E-state index contributed by atoms with van der Waals surface area (Å²) < 4.78 is 6.14. The van der Waals surface area contributed by atoms with Gasteiger partial charge in [0.1, 0.15) is 5.69 Å². The quantitative estimate of drug-likeness (QED) is 0.737. The molecule has 17 heavy (non-hydrogen) atoms. The van der Waals surface area contributed by atoms with E-state index in [1.165, 1.54) is 0 Å². The van der Waals surface area contributed by atoms with Crippen molar-refractivity contribution >= 4 is 26.9 Å². The highest BCUT2D eigenvalue weighted by molar-refractivity contribution is 9.10. The number of benzene rings is 2. The Kier molecular flexibility index (Phi) is 2.37. The van der Waals surface area contributed by atoms with Crippen LogP contribution in [0, 0.1) is 0 Å². The van der Waals surface area contributed by atoms with Gasteiger partial charge in [-0.05, 0) is 24.3 Å². The van der Waals surface area contributed by atoms with E-state index in [0.29, 0.717) is 5.58 Å². The van der Waals surface area contributed by atoms with Crippen molar-refractivity contribution in [2.75, 3.05) is 0 Å². The van der Waals surface area contributed by atoms with E-state index in [2.05, 4.69) is 21.1 Å². The standard InChI is InChI=1S/C13H8BrNO2/c14-9-4-1-3-8(7-9)12-10-5-2-6-11(16)13(10)17-15-12/h1-7,16H. The smallest absolute Gasteiger partial charge is 0.209 e. The molecule has 2 aromatic carbocycles. The van der Waals surface area contributed by atoms with Crippen LogP contribution in [0.3, 0.4) is 0 Å². The summed E-state index contributed by atoms with van der Waals surface area (Å²) in [6.45, 7) is 0. The molecule has 0 unspecified atom stereocenters. The molecule has 0 atom stereocenters. The van der Waals surface area contributed by atoms with Crippen LogP contribution in [0.2, 0.25) is 0 Å². The molecule has 0 saturated carbocycles. The van der Waals surface area contributed by atoms with Crippen molar-refractivity contribution in [1.82, 2.24) is 5.16 Å². The Morgan fingerprint density at radius 2 is 1.94 bits per heavy atom. The molecule has 1 aromatic heterocycles. The van der Waals surface area contributed by atoms with Crippen LogP contribution in [0.5, 0.6) is 5.75 Å². The highest BCUT2D eigenvalue weighted by atomic mass is 79.9. The van der Waals surface area contributed by atoms with Gasteiger partial charge in [0.25, 0.3) is 0 Å². The van der Waals surface area contributed by atoms with Gasteiger partial charge in [-0.2, -0.15) is 0 Å². The van der Waals surface area contributed by atoms with Gasteiger partial charge in [0.2, 0.25) is 5.58 Å². The Bertz CT molecular complexity index is 691. The van der Waals surface area contributed by atoms with Gasteiger partial charge in [-0.25, -0.2) is 0 Å². The lowest BCUT2D eigenvalue weighted by atomic mass is 10.1. The Labute approximate surface area is 106 Å². The van der Waals surface area contributed by atoms with Crippen LogP contribution in [0.25, 0.3) is 22.2 Å². The molecular formula is C13H8BrNO2. The van der Waals surface area contributed by atoms with Crippen molar-refractivity contribution in [3.63, 3.8) is 0 Å². The van der Waals surface area contributed by atoms with E-state index in [1.54, 1.807) is 12.1 Å². The van der Waals surface area contributed by atoms with Gasteiger partial charge in [0, 0.05) is 10.0 Å². The Balaban J connectivity index is 2.28. The maximum Gasteiger partial charge on any atom is 0.209 e. The van der Waals surface area contributed by atoms with Gasteiger partial charge >= 0.3 is 0 Å². The zero-order valence-electron chi connectivity index (χ0n) is 8.72. The lowest BCUT2D eigenvalue weighted by Gasteiger charge is -1.97. The lowest BCUT2D eigenvalue weighted by Crippen LogP contribution is -1.78. The third-order valence-corrected chi connectivity index (χ3v) is 3.07. The summed E-state index contributed by atoms with van der Waals surface area (Å²) in [4.78, 5) is 0. The molecule has 0 spiro atoms. The van der Waals surface area contributed by atoms with Crippen LogP contribution in [0.15, 0.2) is 51.5 Å². The number of nitrogens with zero attached hydrogens (tertiary/aromatic N) is 1. The average Bonchev–Trinajstić information content (AvgIpc) is 2.74. The zero-order chi connectivity index (χ0) is 11.8. The van der Waals surface area contributed by atoms with Crippen molar-refractivity contribution < 1.29 is 9.63 Å². The monoisotopic (exact) mass is 289 g/mol. The van der Waals surface area contributed by atoms with E-state index in [-0.39, 0.29) is 5.75 Å². The van der Waals surface area contributed by atoms with Gasteiger partial charge in [-0.3, -0.25) is 0 Å². The van der Waals surface area contributed by atoms with Gasteiger partial charge in [0.05, 0.1) is 5.39 Å². The van der Waals surface area contributed by atoms with E-state index in [1.807, 2.05) is 30.3 Å². The molecule has 0 aliphatic rings. The highest BCUT2D eigenvalue weighted by Gasteiger charge is 2.12. The van der Waals surface area contributed by atoms with Crippen LogP contribution in [0.4, 0.5) is 0 Å². The molecule has 3 nitrogen and oxygen atoms in total. The summed E-state index contributed by atoms with van der Waals surface area (Å²) in [7, 11) is 0. The SMILES string of the molecule is Oc1cccc2c(-c3cccc(Br)c3)noc12. The number of phenolic OH excluding ortho intramolecular Hbond substituents is 1. The largest absolute Gasteiger partial charge is 0.504 e. The first-order valence-electron chi connectivity index (χ1n) is 5.09. The first kappa shape index (κ1) is 10.4. The second-order valence-electron chi connectivity index (χ2n) is 3.70. The number of rotatable bonds is 1. The molecule has 4 heteroatoms. The maximum atomic E-state index is 9.64. The number of aromatic nitrogens is 1. The molecule has 0 aliphatic heterocycles. The Morgan fingerprint density at radius 3 is 2.76 bits per heavy atom. The van der Waals surface area contributed by atoms with Gasteiger partial charge in [-0.1, -0.05) is 39.3 Å². The average molecular weight is 290 g/mol. The third kappa shape index (κ3) is 1.70. The summed E-state index contributed by atoms with van der Waals surface area (Å²) in [6, 6.07) is 13.0. The second-order valence-corrected chi connectivity index (χ2v) is 4.61. The first-order chi connectivity index (χ1) is 8.25. The van der Waals surface area contributed by atoms with E-state index < -0.39 is 0 Å². The molecule has 1 N–H and O–H groups in total. The molecule has 3 aromatic rings. The van der Waals surface area contributed by atoms with Gasteiger partial charge in [-0.15, -0.1) is 0 Å². The Morgan fingerprint density at radius 1 is 1.12 bits per heavy atom. The molecule has 0 amide bonds. The van der Waals surface area contributed by atoms with Crippen LogP contribution < -0.4 is 0 Å². The fraction of sp³-hybridized carbons (Fsp3) is 0. The molecule has 84 valence electrons. The normalized spacial score (nSPS) is 10.9. The molecule has 3 rings (SSSR count). The third-order valence-electron chi connectivity index (χ3n) is 2.58. The summed E-state index contributed by atoms with van der Waals surface area (Å²) >= 11 is 3.42. The summed E-state index contributed by atoms with van der Waals surface area (Å²) in [5.41, 5.74) is 2.10. The number of phenols is 1. The Hall–Kier alpha value is -1.81. The number of para-hydroxylation sites is 1. The predicted octanol–water partition coefficient (Wildman–Crippen LogP) is 3.96.